The van der Waals surface area contributed by atoms with Crippen molar-refractivity contribution in [2.75, 3.05) is 0 Å². The van der Waals surface area contributed by atoms with E-state index < -0.39 is 11.9 Å². The summed E-state index contributed by atoms with van der Waals surface area (Å²) in [7, 11) is 0. The minimum Gasteiger partial charge on any atom is -0.481 e. The van der Waals surface area contributed by atoms with E-state index in [0.717, 1.165) is 12.8 Å². The van der Waals surface area contributed by atoms with Gasteiger partial charge in [0.25, 0.3) is 0 Å². The molecular formula is C13H17FO2. The third-order valence-electron chi connectivity index (χ3n) is 3.02. The Balaban J connectivity index is 3.02. The molecule has 16 heavy (non-hydrogen) atoms. The quantitative estimate of drug-likeness (QED) is 0.832. The molecular weight excluding hydrogens is 207 g/mol. The monoisotopic (exact) mass is 224 g/mol. The average molecular weight is 224 g/mol. The topological polar surface area (TPSA) is 37.3 Å². The van der Waals surface area contributed by atoms with Gasteiger partial charge in [0.1, 0.15) is 5.82 Å². The zero-order valence-electron chi connectivity index (χ0n) is 9.61. The van der Waals surface area contributed by atoms with Crippen LogP contribution in [-0.2, 0) is 4.79 Å². The summed E-state index contributed by atoms with van der Waals surface area (Å²) < 4.78 is 12.8. The van der Waals surface area contributed by atoms with Crippen molar-refractivity contribution >= 4 is 5.97 Å². The Kier molecular flexibility index (Phi) is 4.47. The normalized spacial score (nSPS) is 12.8. The van der Waals surface area contributed by atoms with Crippen molar-refractivity contribution in [1.82, 2.24) is 0 Å². The molecule has 2 nitrogen and oxygen atoms in total. The van der Waals surface area contributed by atoms with E-state index in [4.69, 9.17) is 0 Å². The lowest BCUT2D eigenvalue weighted by atomic mass is 9.83. The number of carbonyl (C=O) groups is 1. The van der Waals surface area contributed by atoms with Crippen LogP contribution in [0.5, 0.6) is 0 Å². The Labute approximate surface area is 95.1 Å². The van der Waals surface area contributed by atoms with Crippen LogP contribution in [0.2, 0.25) is 0 Å². The minimum absolute atomic E-state index is 0.1000. The van der Waals surface area contributed by atoms with Gasteiger partial charge in [-0.25, -0.2) is 4.39 Å². The molecule has 0 amide bonds. The van der Waals surface area contributed by atoms with Crippen molar-refractivity contribution in [2.24, 2.45) is 5.92 Å². The van der Waals surface area contributed by atoms with Crippen LogP contribution in [0, 0.1) is 11.7 Å². The van der Waals surface area contributed by atoms with E-state index in [9.17, 15) is 14.3 Å². The Morgan fingerprint density at radius 2 is 1.75 bits per heavy atom. The van der Waals surface area contributed by atoms with Gasteiger partial charge in [0.05, 0.1) is 5.92 Å². The number of carboxylic acids is 1. The summed E-state index contributed by atoms with van der Waals surface area (Å²) in [5, 5.41) is 9.23. The van der Waals surface area contributed by atoms with E-state index in [1.165, 1.54) is 12.1 Å². The largest absolute Gasteiger partial charge is 0.481 e. The fourth-order valence-electron chi connectivity index (χ4n) is 2.05. The van der Waals surface area contributed by atoms with Gasteiger partial charge in [0.15, 0.2) is 0 Å². The first-order valence-corrected chi connectivity index (χ1v) is 5.58. The van der Waals surface area contributed by atoms with Crippen molar-refractivity contribution in [1.29, 1.82) is 0 Å². The van der Waals surface area contributed by atoms with Crippen LogP contribution in [-0.4, -0.2) is 11.1 Å². The molecule has 3 heteroatoms. The van der Waals surface area contributed by atoms with E-state index in [0.29, 0.717) is 5.56 Å². The molecule has 0 aromatic heterocycles. The number of hydrogen-bond donors (Lipinski definition) is 1. The van der Waals surface area contributed by atoms with Gasteiger partial charge in [0.2, 0.25) is 0 Å². The lowest BCUT2D eigenvalue weighted by molar-refractivity contribution is -0.140. The summed E-state index contributed by atoms with van der Waals surface area (Å²) in [6.45, 7) is 3.96. The maximum absolute atomic E-state index is 12.8. The van der Waals surface area contributed by atoms with E-state index >= 15 is 0 Å². The van der Waals surface area contributed by atoms with Gasteiger partial charge < -0.3 is 5.11 Å². The molecule has 1 rings (SSSR count). The molecule has 0 radical (unpaired) electrons. The molecule has 1 atom stereocenters. The van der Waals surface area contributed by atoms with E-state index in [1.807, 2.05) is 13.8 Å². The highest BCUT2D eigenvalue weighted by Crippen LogP contribution is 2.30. The van der Waals surface area contributed by atoms with E-state index in [1.54, 1.807) is 12.1 Å². The number of aliphatic carboxylic acids is 1. The number of carboxylic acid groups (broad SMARTS) is 1. The summed E-state index contributed by atoms with van der Waals surface area (Å²) in [4.78, 5) is 11.3. The third kappa shape index (κ3) is 2.81. The third-order valence-corrected chi connectivity index (χ3v) is 3.02. The second kappa shape index (κ2) is 5.64. The number of halogens is 1. The minimum atomic E-state index is -0.833. The van der Waals surface area contributed by atoms with E-state index in [-0.39, 0.29) is 11.7 Å². The first-order chi connectivity index (χ1) is 7.60. The Morgan fingerprint density at radius 1 is 1.25 bits per heavy atom. The van der Waals surface area contributed by atoms with Gasteiger partial charge >= 0.3 is 5.97 Å². The number of benzene rings is 1. The van der Waals surface area contributed by atoms with Crippen LogP contribution in [0.3, 0.4) is 0 Å². The van der Waals surface area contributed by atoms with Gasteiger partial charge in [-0.1, -0.05) is 38.8 Å². The molecule has 1 unspecified atom stereocenters. The van der Waals surface area contributed by atoms with Gasteiger partial charge in [-0.3, -0.25) is 4.79 Å². The molecule has 0 fully saturated rings. The first-order valence-electron chi connectivity index (χ1n) is 5.58. The molecule has 0 saturated carbocycles. The molecule has 1 aromatic rings. The SMILES string of the molecule is CCC(CC)C(C(=O)O)c1ccc(F)cc1. The number of rotatable bonds is 5. The van der Waals surface area contributed by atoms with Crippen LogP contribution >= 0.6 is 0 Å². The highest BCUT2D eigenvalue weighted by atomic mass is 19.1. The molecule has 88 valence electrons. The fraction of sp³-hybridized carbons (Fsp3) is 0.462. The van der Waals surface area contributed by atoms with Crippen LogP contribution < -0.4 is 0 Å². The summed E-state index contributed by atoms with van der Waals surface area (Å²) >= 11 is 0. The van der Waals surface area contributed by atoms with E-state index in [2.05, 4.69) is 0 Å². The molecule has 0 heterocycles. The highest BCUT2D eigenvalue weighted by molar-refractivity contribution is 5.76. The van der Waals surface area contributed by atoms with Crippen LogP contribution in [0.25, 0.3) is 0 Å². The Bertz CT molecular complexity index is 341. The zero-order chi connectivity index (χ0) is 12.1. The lowest BCUT2D eigenvalue weighted by Gasteiger charge is -2.21. The molecule has 1 aromatic carbocycles. The predicted octanol–water partition coefficient (Wildman–Crippen LogP) is 3.43. The van der Waals surface area contributed by atoms with Crippen molar-refractivity contribution in [2.45, 2.75) is 32.6 Å². The Morgan fingerprint density at radius 3 is 2.12 bits per heavy atom. The van der Waals surface area contributed by atoms with Gasteiger partial charge in [0, 0.05) is 0 Å². The summed E-state index contributed by atoms with van der Waals surface area (Å²) in [6.07, 6.45) is 1.62. The van der Waals surface area contributed by atoms with Crippen molar-refractivity contribution in [3.05, 3.63) is 35.6 Å². The molecule has 1 N–H and O–H groups in total. The molecule has 0 saturated heterocycles. The second-order valence-electron chi connectivity index (χ2n) is 3.94. The van der Waals surface area contributed by atoms with Crippen LogP contribution in [0.1, 0.15) is 38.2 Å². The van der Waals surface area contributed by atoms with Crippen molar-refractivity contribution in [3.63, 3.8) is 0 Å². The summed E-state index contributed by atoms with van der Waals surface area (Å²) in [6, 6.07) is 5.75. The van der Waals surface area contributed by atoms with Gasteiger partial charge in [-0.2, -0.15) is 0 Å². The molecule has 0 bridgehead atoms. The van der Waals surface area contributed by atoms with Crippen molar-refractivity contribution < 1.29 is 14.3 Å². The van der Waals surface area contributed by atoms with Gasteiger partial charge in [-0.15, -0.1) is 0 Å². The molecule has 0 aliphatic carbocycles. The lowest BCUT2D eigenvalue weighted by Crippen LogP contribution is -2.20. The number of hydrogen-bond acceptors (Lipinski definition) is 1. The average Bonchev–Trinajstić information content (AvgIpc) is 2.27. The second-order valence-corrected chi connectivity index (χ2v) is 3.94. The standard InChI is InChI=1S/C13H17FO2/c1-3-9(4-2)12(13(15)16)10-5-7-11(14)8-6-10/h5-9,12H,3-4H2,1-2H3,(H,15,16). The predicted molar refractivity (Wildman–Crippen MR) is 60.8 cm³/mol. The van der Waals surface area contributed by atoms with Crippen molar-refractivity contribution in [3.8, 4) is 0 Å². The first kappa shape index (κ1) is 12.7. The van der Waals surface area contributed by atoms with Gasteiger partial charge in [-0.05, 0) is 23.6 Å². The van der Waals surface area contributed by atoms with Crippen LogP contribution in [0.4, 0.5) is 4.39 Å². The zero-order valence-corrected chi connectivity index (χ0v) is 9.61. The maximum atomic E-state index is 12.8. The molecule has 0 spiro atoms. The maximum Gasteiger partial charge on any atom is 0.311 e. The summed E-state index contributed by atoms with van der Waals surface area (Å²) in [5.41, 5.74) is 0.683. The highest BCUT2D eigenvalue weighted by Gasteiger charge is 2.27. The Hall–Kier alpha value is -1.38. The van der Waals surface area contributed by atoms with Crippen LogP contribution in [0.15, 0.2) is 24.3 Å². The fourth-order valence-corrected chi connectivity index (χ4v) is 2.05. The molecule has 0 aliphatic heterocycles. The summed E-state index contributed by atoms with van der Waals surface area (Å²) in [5.74, 6) is -1.60. The smallest absolute Gasteiger partial charge is 0.311 e. The molecule has 0 aliphatic rings.